The molecule has 104 valence electrons. The van der Waals surface area contributed by atoms with Gasteiger partial charge < -0.3 is 0 Å². The molecule has 5 heteroatoms. The summed E-state index contributed by atoms with van der Waals surface area (Å²) in [5.41, 5.74) is 6.19. The number of rotatable bonds is 1. The van der Waals surface area contributed by atoms with Crippen molar-refractivity contribution in [2.45, 2.75) is 25.7 Å². The van der Waals surface area contributed by atoms with Crippen molar-refractivity contribution in [3.8, 4) is 0 Å². The van der Waals surface area contributed by atoms with E-state index in [1.54, 1.807) is 0 Å². The van der Waals surface area contributed by atoms with Gasteiger partial charge in [0.05, 0.1) is 0 Å². The summed E-state index contributed by atoms with van der Waals surface area (Å²) < 4.78 is 0.985. The Morgan fingerprint density at radius 2 is 1.75 bits per heavy atom. The van der Waals surface area contributed by atoms with Crippen LogP contribution in [0.25, 0.3) is 0 Å². The third-order valence-corrected chi connectivity index (χ3v) is 4.79. The predicted molar refractivity (Wildman–Crippen MR) is 78.6 cm³/mol. The molecule has 2 aliphatic rings. The number of allylic oxidation sites excluding steroid dienone is 2. The summed E-state index contributed by atoms with van der Waals surface area (Å²) in [4.78, 5) is 24.6. The van der Waals surface area contributed by atoms with E-state index in [9.17, 15) is 9.59 Å². The fourth-order valence-electron chi connectivity index (χ4n) is 3.10. The number of benzene rings is 1. The summed E-state index contributed by atoms with van der Waals surface area (Å²) in [7, 11) is 0. The summed E-state index contributed by atoms with van der Waals surface area (Å²) in [5, 5.41) is 0. The molecule has 4 nitrogen and oxygen atoms in total. The third kappa shape index (κ3) is 1.88. The van der Waals surface area contributed by atoms with Crippen LogP contribution in [0.15, 0.2) is 40.4 Å². The van der Waals surface area contributed by atoms with E-state index in [2.05, 4.69) is 26.8 Å². The van der Waals surface area contributed by atoms with Gasteiger partial charge in [0.2, 0.25) is 0 Å². The highest BCUT2D eigenvalue weighted by molar-refractivity contribution is 9.10. The van der Waals surface area contributed by atoms with Gasteiger partial charge >= 0.3 is 0 Å². The van der Waals surface area contributed by atoms with Crippen molar-refractivity contribution in [2.24, 2.45) is 5.41 Å². The maximum Gasteiger partial charge on any atom is 0.255 e. The SMILES string of the molecule is CC1=CCC2(C(=O)NNC2=O)C(c2ccc(Br)cc2)C1. The van der Waals surface area contributed by atoms with Gasteiger partial charge in [0.15, 0.2) is 0 Å². The average molecular weight is 335 g/mol. The van der Waals surface area contributed by atoms with Gasteiger partial charge in [0, 0.05) is 10.4 Å². The van der Waals surface area contributed by atoms with Crippen molar-refractivity contribution in [1.82, 2.24) is 10.9 Å². The molecule has 2 N–H and O–H groups in total. The molecule has 1 aliphatic carbocycles. The maximum atomic E-state index is 12.3. The molecule has 0 aromatic heterocycles. The fraction of sp³-hybridized carbons (Fsp3) is 0.333. The molecule has 1 saturated heterocycles. The van der Waals surface area contributed by atoms with Crippen molar-refractivity contribution in [3.63, 3.8) is 0 Å². The van der Waals surface area contributed by atoms with Gasteiger partial charge in [-0.25, -0.2) is 0 Å². The molecular weight excluding hydrogens is 320 g/mol. The van der Waals surface area contributed by atoms with Crippen LogP contribution in [0.5, 0.6) is 0 Å². The zero-order chi connectivity index (χ0) is 14.3. The molecule has 1 spiro atoms. The third-order valence-electron chi connectivity index (χ3n) is 4.27. The van der Waals surface area contributed by atoms with Crippen LogP contribution in [0, 0.1) is 5.41 Å². The topological polar surface area (TPSA) is 58.2 Å². The van der Waals surface area contributed by atoms with Crippen LogP contribution in [0.3, 0.4) is 0 Å². The molecule has 0 bridgehead atoms. The van der Waals surface area contributed by atoms with E-state index >= 15 is 0 Å². The number of carbonyl (C=O) groups excluding carboxylic acids is 2. The van der Waals surface area contributed by atoms with Gasteiger partial charge in [-0.3, -0.25) is 20.4 Å². The van der Waals surface area contributed by atoms with E-state index in [0.717, 1.165) is 16.5 Å². The Kier molecular flexibility index (Phi) is 3.17. The van der Waals surface area contributed by atoms with E-state index in [1.165, 1.54) is 5.57 Å². The lowest BCUT2D eigenvalue weighted by Crippen LogP contribution is -2.43. The second kappa shape index (κ2) is 4.74. The number of hydrogen-bond donors (Lipinski definition) is 2. The first-order valence-electron chi connectivity index (χ1n) is 6.56. The van der Waals surface area contributed by atoms with Crippen molar-refractivity contribution in [2.75, 3.05) is 0 Å². The first-order valence-corrected chi connectivity index (χ1v) is 7.35. The number of hydrazine groups is 1. The van der Waals surface area contributed by atoms with Crippen molar-refractivity contribution >= 4 is 27.7 Å². The number of carbonyl (C=O) groups is 2. The second-order valence-electron chi connectivity index (χ2n) is 5.44. The van der Waals surface area contributed by atoms with Gasteiger partial charge in [0.1, 0.15) is 5.41 Å². The Morgan fingerprint density at radius 3 is 2.35 bits per heavy atom. The smallest absolute Gasteiger partial charge is 0.255 e. The Labute approximate surface area is 125 Å². The fourth-order valence-corrected chi connectivity index (χ4v) is 3.36. The van der Waals surface area contributed by atoms with Gasteiger partial charge in [-0.1, -0.05) is 39.7 Å². The highest BCUT2D eigenvalue weighted by Crippen LogP contribution is 2.48. The summed E-state index contributed by atoms with van der Waals surface area (Å²) in [5.74, 6) is -0.568. The normalized spacial score (nSPS) is 24.3. The van der Waals surface area contributed by atoms with Crippen LogP contribution < -0.4 is 10.9 Å². The Bertz CT molecular complexity index is 591. The molecule has 0 radical (unpaired) electrons. The lowest BCUT2D eigenvalue weighted by Gasteiger charge is -2.35. The van der Waals surface area contributed by atoms with Gasteiger partial charge in [-0.2, -0.15) is 0 Å². The molecule has 1 atom stereocenters. The Balaban J connectivity index is 2.10. The predicted octanol–water partition coefficient (Wildman–Crippen LogP) is 2.42. The largest absolute Gasteiger partial charge is 0.272 e. The highest BCUT2D eigenvalue weighted by Gasteiger charge is 2.56. The summed E-state index contributed by atoms with van der Waals surface area (Å²) in [6.07, 6.45) is 3.18. The monoisotopic (exact) mass is 334 g/mol. The van der Waals surface area contributed by atoms with Crippen LogP contribution in [0.2, 0.25) is 0 Å². The highest BCUT2D eigenvalue weighted by atomic mass is 79.9. The lowest BCUT2D eigenvalue weighted by atomic mass is 9.64. The minimum atomic E-state index is -1.01. The Hall–Kier alpha value is -1.62. The number of hydrogen-bond acceptors (Lipinski definition) is 2. The molecule has 1 aromatic carbocycles. The van der Waals surface area contributed by atoms with E-state index in [-0.39, 0.29) is 17.7 Å². The van der Waals surface area contributed by atoms with E-state index < -0.39 is 5.41 Å². The minimum Gasteiger partial charge on any atom is -0.272 e. The molecule has 1 unspecified atom stereocenters. The van der Waals surface area contributed by atoms with Crippen LogP contribution in [-0.4, -0.2) is 11.8 Å². The van der Waals surface area contributed by atoms with E-state index in [1.807, 2.05) is 37.3 Å². The van der Waals surface area contributed by atoms with Gasteiger partial charge in [-0.05, 0) is 37.5 Å². The van der Waals surface area contributed by atoms with Crippen molar-refractivity contribution in [3.05, 3.63) is 46.0 Å². The van der Waals surface area contributed by atoms with Crippen LogP contribution in [-0.2, 0) is 9.59 Å². The molecule has 0 saturated carbocycles. The summed E-state index contributed by atoms with van der Waals surface area (Å²) in [6.45, 7) is 2.05. The molecule has 2 amide bonds. The first-order chi connectivity index (χ1) is 9.54. The zero-order valence-electron chi connectivity index (χ0n) is 11.1. The number of amides is 2. The molecule has 1 fully saturated rings. The minimum absolute atomic E-state index is 0.122. The molecule has 3 rings (SSSR count). The summed E-state index contributed by atoms with van der Waals surface area (Å²) in [6, 6.07) is 7.85. The van der Waals surface area contributed by atoms with Crippen molar-refractivity contribution in [1.29, 1.82) is 0 Å². The van der Waals surface area contributed by atoms with Crippen LogP contribution in [0.1, 0.15) is 31.2 Å². The summed E-state index contributed by atoms with van der Waals surface area (Å²) >= 11 is 3.41. The molecule has 1 aromatic rings. The Morgan fingerprint density at radius 1 is 1.15 bits per heavy atom. The first kappa shape index (κ1) is 13.4. The van der Waals surface area contributed by atoms with Gasteiger partial charge in [0.25, 0.3) is 11.8 Å². The second-order valence-corrected chi connectivity index (χ2v) is 6.36. The number of nitrogens with one attached hydrogen (secondary N) is 2. The van der Waals surface area contributed by atoms with E-state index in [0.29, 0.717) is 6.42 Å². The number of halogens is 1. The van der Waals surface area contributed by atoms with Gasteiger partial charge in [-0.15, -0.1) is 0 Å². The molecule has 1 heterocycles. The van der Waals surface area contributed by atoms with Crippen LogP contribution >= 0.6 is 15.9 Å². The quantitative estimate of drug-likeness (QED) is 0.612. The lowest BCUT2D eigenvalue weighted by molar-refractivity contribution is -0.137. The van der Waals surface area contributed by atoms with Crippen molar-refractivity contribution < 1.29 is 9.59 Å². The molecule has 20 heavy (non-hydrogen) atoms. The molecule has 1 aliphatic heterocycles. The zero-order valence-corrected chi connectivity index (χ0v) is 12.7. The van der Waals surface area contributed by atoms with Crippen LogP contribution in [0.4, 0.5) is 0 Å². The van der Waals surface area contributed by atoms with E-state index in [4.69, 9.17) is 0 Å². The standard InChI is InChI=1S/C15H15BrN2O2/c1-9-6-7-15(13(19)17-18-14(15)20)12(8-9)10-2-4-11(16)5-3-10/h2-6,12H,7-8H2,1H3,(H,17,19)(H,18,20). The maximum absolute atomic E-state index is 12.3. The molecular formula is C15H15BrN2O2. The average Bonchev–Trinajstić information content (AvgIpc) is 2.71.